The van der Waals surface area contributed by atoms with Gasteiger partial charge in [0.05, 0.1) is 19.0 Å². The van der Waals surface area contributed by atoms with E-state index >= 15 is 0 Å². The van der Waals surface area contributed by atoms with Crippen LogP contribution in [0.25, 0.3) is 0 Å². The molecular formula is C14H15BN2O3. The zero-order valence-corrected chi connectivity index (χ0v) is 11.0. The summed E-state index contributed by atoms with van der Waals surface area (Å²) in [6.45, 7) is 0. The first-order valence-electron chi connectivity index (χ1n) is 6.09. The summed E-state index contributed by atoms with van der Waals surface area (Å²) in [6.07, 6.45) is 1.57. The van der Waals surface area contributed by atoms with E-state index in [0.717, 1.165) is 5.69 Å². The Morgan fingerprint density at radius 2 is 1.90 bits per heavy atom. The van der Waals surface area contributed by atoms with Crippen LogP contribution in [-0.2, 0) is 0 Å². The third-order valence-corrected chi connectivity index (χ3v) is 2.72. The number of rotatable bonds is 5. The molecule has 0 aliphatic carbocycles. The van der Waals surface area contributed by atoms with Crippen LogP contribution in [0, 0.1) is 0 Å². The van der Waals surface area contributed by atoms with Gasteiger partial charge in [-0.15, -0.1) is 0 Å². The van der Waals surface area contributed by atoms with E-state index in [1.165, 1.54) is 0 Å². The van der Waals surface area contributed by atoms with Crippen molar-refractivity contribution in [2.75, 3.05) is 12.5 Å². The number of nitrogens with zero attached hydrogens (tertiary/aromatic N) is 1. The molecule has 0 amide bonds. The fraction of sp³-hybridized carbons (Fsp3) is 0.0714. The smallest absolute Gasteiger partial charge is 0.488 e. The van der Waals surface area contributed by atoms with Crippen LogP contribution in [0.15, 0.2) is 53.6 Å². The second-order valence-corrected chi connectivity index (χ2v) is 4.11. The minimum absolute atomic E-state index is 0.381. The van der Waals surface area contributed by atoms with Crippen LogP contribution in [0.2, 0.25) is 0 Å². The van der Waals surface area contributed by atoms with Crippen LogP contribution in [0.5, 0.6) is 5.75 Å². The van der Waals surface area contributed by atoms with Crippen LogP contribution < -0.4 is 15.6 Å². The van der Waals surface area contributed by atoms with Crippen molar-refractivity contribution in [3.63, 3.8) is 0 Å². The maximum atomic E-state index is 9.17. The van der Waals surface area contributed by atoms with Crippen molar-refractivity contribution in [3.05, 3.63) is 54.1 Å². The molecule has 3 N–H and O–H groups in total. The number of ether oxygens (including phenoxy) is 1. The Labute approximate surface area is 117 Å². The van der Waals surface area contributed by atoms with Gasteiger partial charge in [-0.1, -0.05) is 24.3 Å². The number of hydrazone groups is 1. The molecule has 0 unspecified atom stereocenters. The van der Waals surface area contributed by atoms with Gasteiger partial charge >= 0.3 is 7.12 Å². The molecule has 2 rings (SSSR count). The number of hydrogen-bond acceptors (Lipinski definition) is 5. The molecule has 0 atom stereocenters. The van der Waals surface area contributed by atoms with E-state index in [-0.39, 0.29) is 0 Å². The van der Waals surface area contributed by atoms with Gasteiger partial charge in [0, 0.05) is 5.56 Å². The SMILES string of the molecule is COc1ccc(B(O)O)cc1C=NNc1ccccc1. The van der Waals surface area contributed by atoms with Gasteiger partial charge < -0.3 is 14.8 Å². The summed E-state index contributed by atoms with van der Waals surface area (Å²) >= 11 is 0. The van der Waals surface area contributed by atoms with Crippen LogP contribution in [0.4, 0.5) is 5.69 Å². The lowest BCUT2D eigenvalue weighted by Gasteiger charge is -2.07. The Kier molecular flexibility index (Phi) is 4.76. The zero-order valence-electron chi connectivity index (χ0n) is 11.0. The van der Waals surface area contributed by atoms with E-state index in [0.29, 0.717) is 16.8 Å². The lowest BCUT2D eigenvalue weighted by molar-refractivity contribution is 0.413. The van der Waals surface area contributed by atoms with Gasteiger partial charge in [-0.2, -0.15) is 5.10 Å². The maximum Gasteiger partial charge on any atom is 0.488 e. The quantitative estimate of drug-likeness (QED) is 0.427. The van der Waals surface area contributed by atoms with Crippen molar-refractivity contribution in [1.29, 1.82) is 0 Å². The van der Waals surface area contributed by atoms with Gasteiger partial charge in [0.25, 0.3) is 0 Å². The van der Waals surface area contributed by atoms with Gasteiger partial charge in [0.2, 0.25) is 0 Å². The molecule has 0 saturated heterocycles. The molecule has 0 aromatic heterocycles. The predicted octanol–water partition coefficient (Wildman–Crippen LogP) is 0.821. The number of hydrogen-bond donors (Lipinski definition) is 3. The number of benzene rings is 2. The number of methoxy groups -OCH3 is 1. The zero-order chi connectivity index (χ0) is 14.4. The summed E-state index contributed by atoms with van der Waals surface area (Å²) < 4.78 is 5.20. The second-order valence-electron chi connectivity index (χ2n) is 4.11. The Hall–Kier alpha value is -2.31. The van der Waals surface area contributed by atoms with E-state index in [1.807, 2.05) is 30.3 Å². The molecule has 0 aliphatic heterocycles. The fourth-order valence-corrected chi connectivity index (χ4v) is 1.70. The standard InChI is InChI=1S/C14H15BN2O3/c1-20-14-8-7-12(15(18)19)9-11(14)10-16-17-13-5-3-2-4-6-13/h2-10,17-19H,1H3. The molecule has 5 nitrogen and oxygen atoms in total. The Bertz CT molecular complexity index is 588. The maximum absolute atomic E-state index is 9.17. The summed E-state index contributed by atoms with van der Waals surface area (Å²) in [4.78, 5) is 0. The molecule has 102 valence electrons. The highest BCUT2D eigenvalue weighted by Gasteiger charge is 2.12. The molecular weight excluding hydrogens is 255 g/mol. The van der Waals surface area contributed by atoms with Gasteiger partial charge in [0.1, 0.15) is 5.75 Å². The minimum Gasteiger partial charge on any atom is -0.496 e. The van der Waals surface area contributed by atoms with E-state index in [9.17, 15) is 0 Å². The Morgan fingerprint density at radius 3 is 2.55 bits per heavy atom. The second kappa shape index (κ2) is 6.74. The highest BCUT2D eigenvalue weighted by molar-refractivity contribution is 6.58. The lowest BCUT2D eigenvalue weighted by atomic mass is 9.79. The van der Waals surface area contributed by atoms with Gasteiger partial charge in [-0.25, -0.2) is 0 Å². The number of nitrogens with one attached hydrogen (secondary N) is 1. The Balaban J connectivity index is 2.16. The number of anilines is 1. The van der Waals surface area contributed by atoms with Crippen LogP contribution in [-0.4, -0.2) is 30.5 Å². The number of para-hydroxylation sites is 1. The predicted molar refractivity (Wildman–Crippen MR) is 80.5 cm³/mol. The molecule has 0 heterocycles. The molecule has 0 fully saturated rings. The monoisotopic (exact) mass is 270 g/mol. The summed E-state index contributed by atoms with van der Waals surface area (Å²) in [5.41, 5.74) is 4.78. The average Bonchev–Trinajstić information content (AvgIpc) is 2.48. The molecule has 20 heavy (non-hydrogen) atoms. The first-order chi connectivity index (χ1) is 9.70. The van der Waals surface area contributed by atoms with E-state index in [4.69, 9.17) is 14.8 Å². The van der Waals surface area contributed by atoms with Gasteiger partial charge in [0.15, 0.2) is 0 Å². The molecule has 2 aromatic rings. The highest BCUT2D eigenvalue weighted by Crippen LogP contribution is 2.14. The van der Waals surface area contributed by atoms with Crippen molar-refractivity contribution in [3.8, 4) is 5.75 Å². The van der Waals surface area contributed by atoms with Crippen molar-refractivity contribution in [2.24, 2.45) is 5.10 Å². The molecule has 6 heteroatoms. The largest absolute Gasteiger partial charge is 0.496 e. The normalized spacial score (nSPS) is 10.6. The van der Waals surface area contributed by atoms with E-state index in [2.05, 4.69) is 10.5 Å². The first kappa shape index (κ1) is 14.1. The van der Waals surface area contributed by atoms with Crippen LogP contribution >= 0.6 is 0 Å². The molecule has 0 spiro atoms. The first-order valence-corrected chi connectivity index (χ1v) is 6.09. The molecule has 0 aliphatic rings. The molecule has 2 aromatic carbocycles. The molecule has 0 saturated carbocycles. The topological polar surface area (TPSA) is 74.1 Å². The molecule has 0 radical (unpaired) electrons. The van der Waals surface area contributed by atoms with Crippen LogP contribution in [0.3, 0.4) is 0 Å². The summed E-state index contributed by atoms with van der Waals surface area (Å²) in [5.74, 6) is 0.605. The fourth-order valence-electron chi connectivity index (χ4n) is 1.70. The van der Waals surface area contributed by atoms with Crippen molar-refractivity contribution in [2.45, 2.75) is 0 Å². The lowest BCUT2D eigenvalue weighted by Crippen LogP contribution is -2.30. The third-order valence-electron chi connectivity index (χ3n) is 2.72. The van der Waals surface area contributed by atoms with Crippen molar-refractivity contribution < 1.29 is 14.8 Å². The van der Waals surface area contributed by atoms with Gasteiger partial charge in [-0.05, 0) is 29.7 Å². The van der Waals surface area contributed by atoms with E-state index < -0.39 is 7.12 Å². The average molecular weight is 270 g/mol. The molecule has 0 bridgehead atoms. The third kappa shape index (κ3) is 3.60. The van der Waals surface area contributed by atoms with Crippen molar-refractivity contribution in [1.82, 2.24) is 0 Å². The van der Waals surface area contributed by atoms with Crippen molar-refractivity contribution >= 4 is 24.5 Å². The van der Waals surface area contributed by atoms with Crippen LogP contribution in [0.1, 0.15) is 5.56 Å². The summed E-state index contributed by atoms with van der Waals surface area (Å²) in [6, 6.07) is 14.4. The summed E-state index contributed by atoms with van der Waals surface area (Å²) in [7, 11) is 0.0296. The minimum atomic E-state index is -1.52. The Morgan fingerprint density at radius 1 is 1.15 bits per heavy atom. The van der Waals surface area contributed by atoms with E-state index in [1.54, 1.807) is 31.5 Å². The highest BCUT2D eigenvalue weighted by atomic mass is 16.5. The summed E-state index contributed by atoms with van der Waals surface area (Å²) in [5, 5.41) is 22.4. The van der Waals surface area contributed by atoms with Gasteiger partial charge in [-0.3, -0.25) is 5.43 Å².